The van der Waals surface area contributed by atoms with Crippen LogP contribution < -0.4 is 14.8 Å². The fourth-order valence-corrected chi connectivity index (χ4v) is 4.21. The molecule has 4 rings (SSSR count). The SMILES string of the molecule is COc1cc(/C=C(/C#N)C(=O)Nc2ccc(C)c(Cl)c2)c(Br)cc1OCc1ccc2ccccc2c1. The van der Waals surface area contributed by atoms with Crippen LogP contribution in [0.4, 0.5) is 5.69 Å². The van der Waals surface area contributed by atoms with Crippen LogP contribution in [-0.4, -0.2) is 13.0 Å². The maximum atomic E-state index is 12.7. The number of hydrogen-bond acceptors (Lipinski definition) is 4. The third kappa shape index (κ3) is 5.88. The van der Waals surface area contributed by atoms with Crippen LogP contribution in [0.5, 0.6) is 11.5 Å². The zero-order valence-corrected chi connectivity index (χ0v) is 22.0. The second-order valence-electron chi connectivity index (χ2n) is 8.08. The van der Waals surface area contributed by atoms with Crippen LogP contribution in [0.1, 0.15) is 16.7 Å². The highest BCUT2D eigenvalue weighted by Crippen LogP contribution is 2.35. The molecule has 7 heteroatoms. The molecule has 0 aliphatic heterocycles. The first kappa shape index (κ1) is 25.3. The maximum Gasteiger partial charge on any atom is 0.266 e. The number of fused-ring (bicyclic) bond motifs is 1. The Morgan fingerprint density at radius 3 is 2.56 bits per heavy atom. The van der Waals surface area contributed by atoms with Gasteiger partial charge in [0.25, 0.3) is 5.91 Å². The van der Waals surface area contributed by atoms with E-state index < -0.39 is 5.91 Å². The topological polar surface area (TPSA) is 71.3 Å². The van der Waals surface area contributed by atoms with E-state index in [1.807, 2.05) is 31.2 Å². The molecule has 0 saturated carbocycles. The van der Waals surface area contributed by atoms with Gasteiger partial charge in [0.05, 0.1) is 7.11 Å². The number of benzene rings is 4. The van der Waals surface area contributed by atoms with Gasteiger partial charge in [0.1, 0.15) is 18.2 Å². The number of nitrogens with zero attached hydrogens (tertiary/aromatic N) is 1. The summed E-state index contributed by atoms with van der Waals surface area (Å²) >= 11 is 9.66. The van der Waals surface area contributed by atoms with Crippen molar-refractivity contribution >= 4 is 56.0 Å². The second-order valence-corrected chi connectivity index (χ2v) is 9.34. The summed E-state index contributed by atoms with van der Waals surface area (Å²) in [6, 6.07) is 24.9. The standard InChI is InChI=1S/C29H22BrClN2O3/c1-18-7-10-24(14-26(18)31)33-29(34)23(16-32)12-22-13-27(35-2)28(15-25(22)30)36-17-19-8-9-20-5-3-4-6-21(20)11-19/h3-15H,17H2,1-2H3,(H,33,34)/b23-12-. The molecule has 4 aromatic carbocycles. The summed E-state index contributed by atoms with van der Waals surface area (Å²) in [5.74, 6) is 0.472. The van der Waals surface area contributed by atoms with Gasteiger partial charge in [-0.3, -0.25) is 4.79 Å². The van der Waals surface area contributed by atoms with E-state index in [0.29, 0.717) is 38.9 Å². The molecule has 0 aliphatic rings. The molecule has 180 valence electrons. The lowest BCUT2D eigenvalue weighted by molar-refractivity contribution is -0.112. The molecule has 0 aliphatic carbocycles. The third-order valence-corrected chi connectivity index (χ3v) is 6.68. The molecular formula is C29H22BrClN2O3. The van der Waals surface area contributed by atoms with Crippen LogP contribution in [0.2, 0.25) is 5.02 Å². The minimum Gasteiger partial charge on any atom is -0.493 e. The average Bonchev–Trinajstić information content (AvgIpc) is 2.88. The van der Waals surface area contributed by atoms with Crippen molar-refractivity contribution in [3.8, 4) is 17.6 Å². The molecule has 0 spiro atoms. The monoisotopic (exact) mass is 560 g/mol. The third-order valence-electron chi connectivity index (χ3n) is 5.59. The lowest BCUT2D eigenvalue weighted by atomic mass is 10.1. The molecule has 1 N–H and O–H groups in total. The number of rotatable bonds is 7. The zero-order chi connectivity index (χ0) is 25.7. The van der Waals surface area contributed by atoms with Gasteiger partial charge in [-0.1, -0.05) is 70.0 Å². The van der Waals surface area contributed by atoms with Gasteiger partial charge in [-0.2, -0.15) is 5.26 Å². The largest absolute Gasteiger partial charge is 0.493 e. The van der Waals surface area contributed by atoms with Crippen molar-refractivity contribution in [2.24, 2.45) is 0 Å². The number of nitrogens with one attached hydrogen (secondary N) is 1. The Kier molecular flexibility index (Phi) is 7.94. The average molecular weight is 562 g/mol. The number of amides is 1. The first-order valence-electron chi connectivity index (χ1n) is 11.0. The van der Waals surface area contributed by atoms with Crippen LogP contribution in [-0.2, 0) is 11.4 Å². The Hall–Kier alpha value is -3.79. The van der Waals surface area contributed by atoms with Crippen molar-refractivity contribution in [2.75, 3.05) is 12.4 Å². The number of halogens is 2. The fraction of sp³-hybridized carbons (Fsp3) is 0.103. The first-order chi connectivity index (χ1) is 17.4. The molecule has 36 heavy (non-hydrogen) atoms. The lowest BCUT2D eigenvalue weighted by Crippen LogP contribution is -2.13. The van der Waals surface area contributed by atoms with Crippen molar-refractivity contribution in [2.45, 2.75) is 13.5 Å². The van der Waals surface area contributed by atoms with Gasteiger partial charge in [-0.25, -0.2) is 0 Å². The summed E-state index contributed by atoms with van der Waals surface area (Å²) in [4.78, 5) is 12.7. The number of hydrogen-bond donors (Lipinski definition) is 1. The van der Waals surface area contributed by atoms with Gasteiger partial charge >= 0.3 is 0 Å². The van der Waals surface area contributed by atoms with E-state index >= 15 is 0 Å². The van der Waals surface area contributed by atoms with Gasteiger partial charge in [-0.15, -0.1) is 0 Å². The maximum absolute atomic E-state index is 12.7. The summed E-state index contributed by atoms with van der Waals surface area (Å²) < 4.78 is 12.2. The number of carbonyl (C=O) groups excluding carboxylic acids is 1. The highest BCUT2D eigenvalue weighted by Gasteiger charge is 2.14. The molecule has 0 unspecified atom stereocenters. The predicted octanol–water partition coefficient (Wildman–Crippen LogP) is 7.70. The summed E-state index contributed by atoms with van der Waals surface area (Å²) in [7, 11) is 1.54. The van der Waals surface area contributed by atoms with Crippen LogP contribution in [0, 0.1) is 18.3 Å². The van der Waals surface area contributed by atoms with E-state index in [1.54, 1.807) is 37.4 Å². The fourth-order valence-electron chi connectivity index (χ4n) is 3.60. The molecular weight excluding hydrogens is 540 g/mol. The Balaban J connectivity index is 1.54. The molecule has 0 saturated heterocycles. The van der Waals surface area contributed by atoms with Gasteiger partial charge in [0.2, 0.25) is 0 Å². The number of carbonyl (C=O) groups is 1. The Morgan fingerprint density at radius 1 is 1.06 bits per heavy atom. The smallest absolute Gasteiger partial charge is 0.266 e. The van der Waals surface area contributed by atoms with E-state index in [0.717, 1.165) is 16.5 Å². The van der Waals surface area contributed by atoms with E-state index in [4.69, 9.17) is 21.1 Å². The van der Waals surface area contributed by atoms with Gasteiger partial charge in [-0.05, 0) is 70.8 Å². The molecule has 4 aromatic rings. The van der Waals surface area contributed by atoms with Crippen LogP contribution in [0.25, 0.3) is 16.8 Å². The number of ether oxygens (including phenoxy) is 2. The van der Waals surface area contributed by atoms with Crippen molar-refractivity contribution in [3.05, 3.63) is 105 Å². The van der Waals surface area contributed by atoms with E-state index in [-0.39, 0.29) is 5.57 Å². The minimum atomic E-state index is -0.542. The number of aryl methyl sites for hydroxylation is 1. The van der Waals surface area contributed by atoms with Gasteiger partial charge < -0.3 is 14.8 Å². The minimum absolute atomic E-state index is 0.0701. The molecule has 0 fully saturated rings. The Bertz CT molecular complexity index is 1530. The highest BCUT2D eigenvalue weighted by molar-refractivity contribution is 9.10. The summed E-state index contributed by atoms with van der Waals surface area (Å²) in [6.07, 6.45) is 1.49. The molecule has 1 amide bonds. The quantitative estimate of drug-likeness (QED) is 0.185. The summed E-state index contributed by atoms with van der Waals surface area (Å²) in [6.45, 7) is 2.22. The molecule has 0 atom stereocenters. The zero-order valence-electron chi connectivity index (χ0n) is 19.6. The summed E-state index contributed by atoms with van der Waals surface area (Å²) in [5, 5.41) is 15.2. The van der Waals surface area contributed by atoms with E-state index in [9.17, 15) is 10.1 Å². The van der Waals surface area contributed by atoms with Gasteiger partial charge in [0.15, 0.2) is 11.5 Å². The number of methoxy groups -OCH3 is 1. The van der Waals surface area contributed by atoms with E-state index in [1.165, 1.54) is 11.5 Å². The Morgan fingerprint density at radius 2 is 1.83 bits per heavy atom. The van der Waals surface area contributed by atoms with E-state index in [2.05, 4.69) is 45.5 Å². The predicted molar refractivity (Wildman–Crippen MR) is 147 cm³/mol. The number of anilines is 1. The second kappa shape index (κ2) is 11.3. The summed E-state index contributed by atoms with van der Waals surface area (Å²) in [5.41, 5.74) is 2.95. The van der Waals surface area contributed by atoms with Crippen molar-refractivity contribution in [1.29, 1.82) is 5.26 Å². The lowest BCUT2D eigenvalue weighted by Gasteiger charge is -2.13. The van der Waals surface area contributed by atoms with Crippen LogP contribution in [0.15, 0.2) is 82.8 Å². The Labute approximate surface area is 223 Å². The van der Waals surface area contributed by atoms with Crippen LogP contribution in [0.3, 0.4) is 0 Å². The molecule has 0 aromatic heterocycles. The van der Waals surface area contributed by atoms with Gasteiger partial charge in [0, 0.05) is 15.2 Å². The molecule has 0 radical (unpaired) electrons. The van der Waals surface area contributed by atoms with Crippen molar-refractivity contribution in [3.63, 3.8) is 0 Å². The number of nitriles is 1. The van der Waals surface area contributed by atoms with Crippen molar-refractivity contribution in [1.82, 2.24) is 0 Å². The first-order valence-corrected chi connectivity index (χ1v) is 12.2. The van der Waals surface area contributed by atoms with Crippen molar-refractivity contribution < 1.29 is 14.3 Å². The highest BCUT2D eigenvalue weighted by atomic mass is 79.9. The normalized spacial score (nSPS) is 11.1. The van der Waals surface area contributed by atoms with Crippen LogP contribution >= 0.6 is 27.5 Å². The molecule has 5 nitrogen and oxygen atoms in total. The molecule has 0 heterocycles. The molecule has 0 bridgehead atoms.